The maximum absolute atomic E-state index is 13.2. The molecule has 2 aromatic carbocycles. The number of hydrogen-bond donors (Lipinski definition) is 0. The summed E-state index contributed by atoms with van der Waals surface area (Å²) < 4.78 is 0. The van der Waals surface area contributed by atoms with Gasteiger partial charge in [0.25, 0.3) is 17.7 Å². The van der Waals surface area contributed by atoms with E-state index in [0.717, 1.165) is 30.4 Å². The number of fused-ring (bicyclic) bond motifs is 1. The lowest BCUT2D eigenvalue weighted by Gasteiger charge is -2.38. The average Bonchev–Trinajstić information content (AvgIpc) is 3.03. The van der Waals surface area contributed by atoms with Crippen LogP contribution in [0.25, 0.3) is 0 Å². The van der Waals surface area contributed by atoms with Gasteiger partial charge in [-0.15, -0.1) is 0 Å². The van der Waals surface area contributed by atoms with Gasteiger partial charge in [0.2, 0.25) is 5.91 Å². The lowest BCUT2D eigenvalue weighted by molar-refractivity contribution is -0.139. The van der Waals surface area contributed by atoms with Gasteiger partial charge in [-0.3, -0.25) is 19.2 Å². The van der Waals surface area contributed by atoms with Crippen molar-refractivity contribution >= 4 is 29.3 Å². The Labute approximate surface area is 193 Å². The van der Waals surface area contributed by atoms with E-state index < -0.39 is 5.91 Å². The summed E-state index contributed by atoms with van der Waals surface area (Å²) in [5, 5.41) is 0. The Hall–Kier alpha value is -3.48. The molecule has 2 fully saturated rings. The molecule has 2 heterocycles. The molecule has 5 rings (SSSR count). The first kappa shape index (κ1) is 21.4. The zero-order chi connectivity index (χ0) is 23.3. The van der Waals surface area contributed by atoms with E-state index in [2.05, 4.69) is 0 Å². The van der Waals surface area contributed by atoms with Crippen molar-refractivity contribution in [1.82, 2.24) is 9.80 Å². The van der Waals surface area contributed by atoms with Crippen molar-refractivity contribution in [3.8, 4) is 0 Å². The van der Waals surface area contributed by atoms with E-state index in [0.29, 0.717) is 43.0 Å². The van der Waals surface area contributed by atoms with Gasteiger partial charge in [-0.1, -0.05) is 18.6 Å². The summed E-state index contributed by atoms with van der Waals surface area (Å²) in [6.45, 7) is 5.78. The first-order valence-corrected chi connectivity index (χ1v) is 11.5. The summed E-state index contributed by atoms with van der Waals surface area (Å²) in [5.41, 5.74) is 3.32. The molecule has 2 aliphatic heterocycles. The van der Waals surface area contributed by atoms with E-state index in [1.165, 1.54) is 11.0 Å². The first-order chi connectivity index (χ1) is 15.8. The summed E-state index contributed by atoms with van der Waals surface area (Å²) in [6.07, 6.45) is 3.06. The van der Waals surface area contributed by atoms with E-state index in [-0.39, 0.29) is 29.2 Å². The molecule has 1 saturated heterocycles. The Bertz CT molecular complexity index is 1180. The molecule has 0 spiro atoms. The standard InChI is InChI=1S/C26H27N3O4/c1-16-6-7-17(2)22(14-16)29-25(32)20-9-8-19(15-21(20)26(29)33)24(31)28-12-10-27(11-13-28)23(30)18-4-3-5-18/h6-9,14-15,18H,3-5,10-13H2,1-2H3. The van der Waals surface area contributed by atoms with Crippen LogP contribution in [0.2, 0.25) is 0 Å². The number of amides is 4. The molecule has 0 N–H and O–H groups in total. The minimum absolute atomic E-state index is 0.160. The lowest BCUT2D eigenvalue weighted by atomic mass is 9.84. The molecule has 170 valence electrons. The molecule has 0 radical (unpaired) electrons. The Balaban J connectivity index is 1.33. The molecule has 0 aromatic heterocycles. The predicted octanol–water partition coefficient (Wildman–Crippen LogP) is 3.19. The molecule has 7 nitrogen and oxygen atoms in total. The Morgan fingerprint density at radius 3 is 2.15 bits per heavy atom. The van der Waals surface area contributed by atoms with Crippen LogP contribution in [0.4, 0.5) is 5.69 Å². The van der Waals surface area contributed by atoms with Crippen molar-refractivity contribution in [2.75, 3.05) is 31.1 Å². The highest BCUT2D eigenvalue weighted by atomic mass is 16.2. The van der Waals surface area contributed by atoms with Gasteiger partial charge in [0.15, 0.2) is 0 Å². The van der Waals surface area contributed by atoms with Crippen LogP contribution in [0.15, 0.2) is 36.4 Å². The molecule has 2 aromatic rings. The van der Waals surface area contributed by atoms with Crippen LogP contribution in [0.5, 0.6) is 0 Å². The molecule has 1 aliphatic carbocycles. The number of aryl methyl sites for hydroxylation is 2. The Morgan fingerprint density at radius 2 is 1.48 bits per heavy atom. The fraction of sp³-hybridized carbons (Fsp3) is 0.385. The number of piperazine rings is 1. The minimum Gasteiger partial charge on any atom is -0.339 e. The molecular formula is C26H27N3O4. The maximum Gasteiger partial charge on any atom is 0.266 e. The molecule has 0 bridgehead atoms. The number of anilines is 1. The molecule has 1 saturated carbocycles. The van der Waals surface area contributed by atoms with Crippen LogP contribution >= 0.6 is 0 Å². The van der Waals surface area contributed by atoms with Gasteiger partial charge in [0, 0.05) is 37.7 Å². The highest BCUT2D eigenvalue weighted by Crippen LogP contribution is 2.32. The first-order valence-electron chi connectivity index (χ1n) is 11.5. The highest BCUT2D eigenvalue weighted by molar-refractivity contribution is 6.35. The topological polar surface area (TPSA) is 78.0 Å². The van der Waals surface area contributed by atoms with E-state index in [4.69, 9.17) is 0 Å². The van der Waals surface area contributed by atoms with Crippen LogP contribution in [-0.4, -0.2) is 59.6 Å². The number of hydrogen-bond acceptors (Lipinski definition) is 4. The van der Waals surface area contributed by atoms with Crippen LogP contribution in [-0.2, 0) is 4.79 Å². The van der Waals surface area contributed by atoms with Crippen molar-refractivity contribution in [2.45, 2.75) is 33.1 Å². The summed E-state index contributed by atoms with van der Waals surface area (Å²) in [5.74, 6) is -0.590. The summed E-state index contributed by atoms with van der Waals surface area (Å²) in [6, 6.07) is 10.4. The van der Waals surface area contributed by atoms with Crippen LogP contribution < -0.4 is 4.90 Å². The van der Waals surface area contributed by atoms with Crippen molar-refractivity contribution in [1.29, 1.82) is 0 Å². The van der Waals surface area contributed by atoms with Gasteiger partial charge in [-0.05, 0) is 62.1 Å². The number of imide groups is 1. The quantitative estimate of drug-likeness (QED) is 0.680. The summed E-state index contributed by atoms with van der Waals surface area (Å²) in [7, 11) is 0. The molecule has 0 atom stereocenters. The zero-order valence-electron chi connectivity index (χ0n) is 19.0. The number of carbonyl (C=O) groups is 4. The van der Waals surface area contributed by atoms with Crippen molar-refractivity contribution in [3.63, 3.8) is 0 Å². The van der Waals surface area contributed by atoms with Gasteiger partial charge in [-0.2, -0.15) is 0 Å². The Kier molecular flexibility index (Phi) is 5.27. The Morgan fingerprint density at radius 1 is 0.818 bits per heavy atom. The average molecular weight is 446 g/mol. The monoisotopic (exact) mass is 445 g/mol. The third-order valence-corrected chi connectivity index (χ3v) is 7.07. The number of rotatable bonds is 3. The lowest BCUT2D eigenvalue weighted by Crippen LogP contribution is -2.52. The van der Waals surface area contributed by atoms with E-state index in [9.17, 15) is 19.2 Å². The van der Waals surface area contributed by atoms with Crippen LogP contribution in [0.3, 0.4) is 0 Å². The van der Waals surface area contributed by atoms with Gasteiger partial charge >= 0.3 is 0 Å². The number of benzene rings is 2. The highest BCUT2D eigenvalue weighted by Gasteiger charge is 2.38. The SMILES string of the molecule is Cc1ccc(C)c(N2C(=O)c3ccc(C(=O)N4CCN(C(=O)C5CCC5)CC4)cc3C2=O)c1. The molecule has 3 aliphatic rings. The molecule has 33 heavy (non-hydrogen) atoms. The summed E-state index contributed by atoms with van der Waals surface area (Å²) in [4.78, 5) is 56.6. The van der Waals surface area contributed by atoms with E-state index >= 15 is 0 Å². The molecular weight excluding hydrogens is 418 g/mol. The molecule has 7 heteroatoms. The second kappa shape index (κ2) is 8.14. The normalized spacial score (nSPS) is 18.4. The van der Waals surface area contributed by atoms with Crippen molar-refractivity contribution in [2.24, 2.45) is 5.92 Å². The largest absolute Gasteiger partial charge is 0.339 e. The van der Waals surface area contributed by atoms with Crippen LogP contribution in [0.1, 0.15) is 61.5 Å². The molecule has 4 amide bonds. The molecule has 0 unspecified atom stereocenters. The van der Waals surface area contributed by atoms with Crippen molar-refractivity contribution < 1.29 is 19.2 Å². The zero-order valence-corrected chi connectivity index (χ0v) is 19.0. The fourth-order valence-corrected chi connectivity index (χ4v) is 4.78. The van der Waals surface area contributed by atoms with Crippen molar-refractivity contribution in [3.05, 3.63) is 64.2 Å². The van der Waals surface area contributed by atoms with E-state index in [1.807, 2.05) is 36.9 Å². The predicted molar refractivity (Wildman–Crippen MR) is 123 cm³/mol. The second-order valence-electron chi connectivity index (χ2n) is 9.24. The number of carbonyl (C=O) groups excluding carboxylic acids is 4. The van der Waals surface area contributed by atoms with Gasteiger partial charge in [0.1, 0.15) is 0 Å². The third kappa shape index (κ3) is 3.61. The third-order valence-electron chi connectivity index (χ3n) is 7.07. The van der Waals surface area contributed by atoms with Gasteiger partial charge in [-0.25, -0.2) is 4.90 Å². The fourth-order valence-electron chi connectivity index (χ4n) is 4.78. The second-order valence-corrected chi connectivity index (χ2v) is 9.24. The van der Waals surface area contributed by atoms with E-state index in [1.54, 1.807) is 17.0 Å². The van der Waals surface area contributed by atoms with Gasteiger partial charge in [0.05, 0.1) is 16.8 Å². The summed E-state index contributed by atoms with van der Waals surface area (Å²) >= 11 is 0. The van der Waals surface area contributed by atoms with Crippen LogP contribution in [0, 0.1) is 19.8 Å². The smallest absolute Gasteiger partial charge is 0.266 e. The maximum atomic E-state index is 13.2. The minimum atomic E-state index is -0.408. The van der Waals surface area contributed by atoms with Gasteiger partial charge < -0.3 is 9.80 Å². The number of nitrogens with zero attached hydrogens (tertiary/aromatic N) is 3.